The van der Waals surface area contributed by atoms with Crippen LogP contribution in [0.4, 0.5) is 11.4 Å². The number of nitrogens with two attached hydrogens (primary N) is 1. The zero-order chi connectivity index (χ0) is 13.8. The van der Waals surface area contributed by atoms with Crippen molar-refractivity contribution in [3.63, 3.8) is 0 Å². The van der Waals surface area contributed by atoms with Gasteiger partial charge in [-0.25, -0.2) is 5.01 Å². The van der Waals surface area contributed by atoms with Gasteiger partial charge in [-0.2, -0.15) is 0 Å². The van der Waals surface area contributed by atoms with Gasteiger partial charge in [0.05, 0.1) is 4.92 Å². The minimum absolute atomic E-state index is 0.00343. The molecule has 1 aromatic carbocycles. The summed E-state index contributed by atoms with van der Waals surface area (Å²) >= 11 is 0. The van der Waals surface area contributed by atoms with Gasteiger partial charge in [-0.3, -0.25) is 20.3 Å². The molecule has 1 fully saturated rings. The highest BCUT2D eigenvalue weighted by molar-refractivity contribution is 5.95. The van der Waals surface area contributed by atoms with Gasteiger partial charge in [0.25, 0.3) is 11.6 Å². The normalized spacial score (nSPS) is 16.0. The van der Waals surface area contributed by atoms with E-state index in [0.717, 1.165) is 25.9 Å². The number of hydrogen-bond acceptors (Lipinski definition) is 5. The van der Waals surface area contributed by atoms with Crippen LogP contribution >= 0.6 is 0 Å². The molecule has 3 N–H and O–H groups in total. The standard InChI is InChI=1S/C12H16N4O3/c13-10-8-9(4-5-11(10)16(18)19)12(17)14-15-6-2-1-3-7-15/h4-5,8H,1-3,6-7,13H2,(H,14,17). The molecule has 0 aliphatic carbocycles. The monoisotopic (exact) mass is 264 g/mol. The summed E-state index contributed by atoms with van der Waals surface area (Å²) in [4.78, 5) is 22.0. The van der Waals surface area contributed by atoms with Gasteiger partial charge in [-0.1, -0.05) is 6.42 Å². The summed E-state index contributed by atoms with van der Waals surface area (Å²) in [5.74, 6) is -0.288. The number of hydrazine groups is 1. The Bertz CT molecular complexity index is 498. The van der Waals surface area contributed by atoms with Crippen LogP contribution in [0.5, 0.6) is 0 Å². The van der Waals surface area contributed by atoms with Gasteiger partial charge in [0, 0.05) is 24.7 Å². The molecule has 0 atom stereocenters. The Hall–Kier alpha value is -2.15. The van der Waals surface area contributed by atoms with E-state index in [2.05, 4.69) is 5.43 Å². The number of benzene rings is 1. The average Bonchev–Trinajstić information content (AvgIpc) is 2.39. The molecule has 1 aliphatic rings. The third-order valence-electron chi connectivity index (χ3n) is 3.10. The topological polar surface area (TPSA) is 102 Å². The summed E-state index contributed by atoms with van der Waals surface area (Å²) in [7, 11) is 0. The number of nitro benzene ring substituents is 1. The molecule has 0 aromatic heterocycles. The number of carbonyl (C=O) groups excluding carboxylic acids is 1. The Kier molecular flexibility index (Phi) is 3.96. The molecule has 7 nitrogen and oxygen atoms in total. The van der Waals surface area contributed by atoms with E-state index in [0.29, 0.717) is 5.56 Å². The minimum atomic E-state index is -0.568. The summed E-state index contributed by atoms with van der Waals surface area (Å²) in [6.07, 6.45) is 3.29. The molecular weight excluding hydrogens is 248 g/mol. The highest BCUT2D eigenvalue weighted by Crippen LogP contribution is 2.22. The zero-order valence-electron chi connectivity index (χ0n) is 10.5. The summed E-state index contributed by atoms with van der Waals surface area (Å²) in [6.45, 7) is 1.66. The number of nitrogens with zero attached hydrogens (tertiary/aromatic N) is 2. The molecule has 1 aromatic rings. The van der Waals surface area contributed by atoms with Crippen LogP contribution in [0.3, 0.4) is 0 Å². The molecule has 19 heavy (non-hydrogen) atoms. The number of hydrogen-bond donors (Lipinski definition) is 2. The number of nitrogen functional groups attached to an aromatic ring is 1. The van der Waals surface area contributed by atoms with E-state index in [1.165, 1.54) is 24.6 Å². The fraction of sp³-hybridized carbons (Fsp3) is 0.417. The Balaban J connectivity index is 2.06. The van der Waals surface area contributed by atoms with E-state index in [1.807, 2.05) is 5.01 Å². The SMILES string of the molecule is Nc1cc(C(=O)NN2CCCCC2)ccc1[N+](=O)[O-]. The Morgan fingerprint density at radius 3 is 2.58 bits per heavy atom. The fourth-order valence-corrected chi connectivity index (χ4v) is 2.08. The molecule has 0 saturated carbocycles. The maximum Gasteiger partial charge on any atom is 0.292 e. The van der Waals surface area contributed by atoms with E-state index in [1.54, 1.807) is 0 Å². The van der Waals surface area contributed by atoms with Crippen molar-refractivity contribution in [1.29, 1.82) is 0 Å². The Morgan fingerprint density at radius 2 is 2.00 bits per heavy atom. The summed E-state index contributed by atoms with van der Waals surface area (Å²) < 4.78 is 0. The van der Waals surface area contributed by atoms with E-state index < -0.39 is 4.92 Å². The van der Waals surface area contributed by atoms with Crippen molar-refractivity contribution >= 4 is 17.3 Å². The maximum atomic E-state index is 12.0. The molecule has 1 aliphatic heterocycles. The molecule has 102 valence electrons. The van der Waals surface area contributed by atoms with Crippen molar-refractivity contribution < 1.29 is 9.72 Å². The van der Waals surface area contributed by atoms with Crippen molar-refractivity contribution in [2.45, 2.75) is 19.3 Å². The first-order chi connectivity index (χ1) is 9.08. The van der Waals surface area contributed by atoms with Gasteiger partial charge in [0.1, 0.15) is 5.69 Å². The summed E-state index contributed by atoms with van der Waals surface area (Å²) in [5.41, 5.74) is 8.48. The number of anilines is 1. The highest BCUT2D eigenvalue weighted by Gasteiger charge is 2.17. The van der Waals surface area contributed by atoms with Gasteiger partial charge in [-0.05, 0) is 25.0 Å². The van der Waals surface area contributed by atoms with Crippen molar-refractivity contribution in [3.8, 4) is 0 Å². The van der Waals surface area contributed by atoms with E-state index in [9.17, 15) is 14.9 Å². The predicted molar refractivity (Wildman–Crippen MR) is 70.4 cm³/mol. The largest absolute Gasteiger partial charge is 0.393 e. The van der Waals surface area contributed by atoms with Crippen LogP contribution in [0.2, 0.25) is 0 Å². The van der Waals surface area contributed by atoms with E-state index in [-0.39, 0.29) is 17.3 Å². The molecule has 7 heteroatoms. The highest BCUT2D eigenvalue weighted by atomic mass is 16.6. The lowest BCUT2D eigenvalue weighted by Gasteiger charge is -2.26. The number of rotatable bonds is 3. The lowest BCUT2D eigenvalue weighted by Crippen LogP contribution is -2.45. The summed E-state index contributed by atoms with van der Waals surface area (Å²) in [6, 6.07) is 3.99. The van der Waals surface area contributed by atoms with Crippen LogP contribution in [-0.4, -0.2) is 28.9 Å². The number of amides is 1. The molecule has 0 radical (unpaired) electrons. The molecule has 0 spiro atoms. The van der Waals surface area contributed by atoms with Crippen LogP contribution in [0, 0.1) is 10.1 Å². The molecule has 1 heterocycles. The Labute approximate surface area is 110 Å². The minimum Gasteiger partial charge on any atom is -0.393 e. The second-order valence-corrected chi connectivity index (χ2v) is 4.52. The van der Waals surface area contributed by atoms with E-state index >= 15 is 0 Å². The van der Waals surface area contributed by atoms with Crippen molar-refractivity contribution in [1.82, 2.24) is 10.4 Å². The molecule has 1 saturated heterocycles. The van der Waals surface area contributed by atoms with Crippen LogP contribution < -0.4 is 11.2 Å². The van der Waals surface area contributed by atoms with Crippen LogP contribution in [0.25, 0.3) is 0 Å². The fourth-order valence-electron chi connectivity index (χ4n) is 2.08. The second kappa shape index (κ2) is 5.66. The van der Waals surface area contributed by atoms with Crippen LogP contribution in [0.1, 0.15) is 29.6 Å². The van der Waals surface area contributed by atoms with Crippen molar-refractivity contribution in [2.24, 2.45) is 0 Å². The van der Waals surface area contributed by atoms with Gasteiger partial charge < -0.3 is 5.73 Å². The van der Waals surface area contributed by atoms with Crippen LogP contribution in [-0.2, 0) is 0 Å². The first kappa shape index (κ1) is 13.3. The van der Waals surface area contributed by atoms with Crippen molar-refractivity contribution in [2.75, 3.05) is 18.8 Å². The van der Waals surface area contributed by atoms with Gasteiger partial charge in [-0.15, -0.1) is 0 Å². The lowest BCUT2D eigenvalue weighted by molar-refractivity contribution is -0.383. The molecule has 0 unspecified atom stereocenters. The third kappa shape index (κ3) is 3.19. The van der Waals surface area contributed by atoms with Crippen molar-refractivity contribution in [3.05, 3.63) is 33.9 Å². The number of nitrogens with one attached hydrogen (secondary N) is 1. The van der Waals surface area contributed by atoms with Gasteiger partial charge in [0.15, 0.2) is 0 Å². The predicted octanol–water partition coefficient (Wildman–Crippen LogP) is 1.31. The van der Waals surface area contributed by atoms with Gasteiger partial charge >= 0.3 is 0 Å². The van der Waals surface area contributed by atoms with Gasteiger partial charge in [0.2, 0.25) is 0 Å². The second-order valence-electron chi connectivity index (χ2n) is 4.52. The average molecular weight is 264 g/mol. The third-order valence-corrected chi connectivity index (χ3v) is 3.10. The first-order valence-corrected chi connectivity index (χ1v) is 6.18. The zero-order valence-corrected chi connectivity index (χ0v) is 10.5. The molecule has 0 bridgehead atoms. The molecule has 1 amide bonds. The summed E-state index contributed by atoms with van der Waals surface area (Å²) in [5, 5.41) is 12.5. The van der Waals surface area contributed by atoms with Crippen LogP contribution in [0.15, 0.2) is 18.2 Å². The number of nitro groups is 1. The first-order valence-electron chi connectivity index (χ1n) is 6.18. The number of carbonyl (C=O) groups is 1. The lowest BCUT2D eigenvalue weighted by atomic mass is 10.1. The van der Waals surface area contributed by atoms with E-state index in [4.69, 9.17) is 5.73 Å². The maximum absolute atomic E-state index is 12.0. The molecule has 2 rings (SSSR count). The molecular formula is C12H16N4O3. The Morgan fingerprint density at radius 1 is 1.32 bits per heavy atom. The number of piperidine rings is 1. The quantitative estimate of drug-likeness (QED) is 0.487. The smallest absolute Gasteiger partial charge is 0.292 e.